The van der Waals surface area contributed by atoms with Gasteiger partial charge in [0.2, 0.25) is 0 Å². The van der Waals surface area contributed by atoms with Gasteiger partial charge in [-0.1, -0.05) is 29.8 Å². The topological polar surface area (TPSA) is 65.2 Å². The second kappa shape index (κ2) is 7.13. The number of benzene rings is 1. The molecule has 0 bridgehead atoms. The highest BCUT2D eigenvalue weighted by Gasteiger charge is 2.29. The lowest BCUT2D eigenvalue weighted by atomic mass is 10.0. The van der Waals surface area contributed by atoms with Crippen LogP contribution in [0, 0.1) is 20.8 Å². The Balaban J connectivity index is 1.72. The lowest BCUT2D eigenvalue weighted by Gasteiger charge is -2.25. The SMILES string of the molecule is Cc1cccc([C@@H]2CCCN2C(=O)NCc2c(C)cc(C)[nH]c2=O)c1. The van der Waals surface area contributed by atoms with E-state index in [1.807, 2.05) is 30.9 Å². The molecule has 0 spiro atoms. The summed E-state index contributed by atoms with van der Waals surface area (Å²) in [5.74, 6) is 0. The molecule has 5 heteroatoms. The van der Waals surface area contributed by atoms with Crippen LogP contribution >= 0.6 is 0 Å². The fourth-order valence-corrected chi connectivity index (χ4v) is 3.60. The van der Waals surface area contributed by atoms with E-state index in [0.29, 0.717) is 5.56 Å². The van der Waals surface area contributed by atoms with Gasteiger partial charge in [0.05, 0.1) is 12.6 Å². The zero-order valence-corrected chi connectivity index (χ0v) is 15.1. The summed E-state index contributed by atoms with van der Waals surface area (Å²) in [5.41, 5.74) is 4.60. The molecule has 2 heterocycles. The van der Waals surface area contributed by atoms with Gasteiger partial charge in [0, 0.05) is 17.8 Å². The fourth-order valence-electron chi connectivity index (χ4n) is 3.60. The third kappa shape index (κ3) is 3.76. The van der Waals surface area contributed by atoms with E-state index in [1.165, 1.54) is 11.1 Å². The molecular formula is C20H25N3O2. The van der Waals surface area contributed by atoms with Gasteiger partial charge < -0.3 is 15.2 Å². The Labute approximate surface area is 148 Å². The van der Waals surface area contributed by atoms with Crippen molar-refractivity contribution in [2.24, 2.45) is 0 Å². The summed E-state index contributed by atoms with van der Waals surface area (Å²) >= 11 is 0. The Kier molecular flexibility index (Phi) is 4.93. The normalized spacial score (nSPS) is 16.9. The number of nitrogens with one attached hydrogen (secondary N) is 2. The van der Waals surface area contributed by atoms with Gasteiger partial charge in [-0.2, -0.15) is 0 Å². The third-order valence-corrected chi connectivity index (χ3v) is 4.85. The Morgan fingerprint density at radius 1 is 1.28 bits per heavy atom. The number of H-pyrrole nitrogens is 1. The Bertz CT molecular complexity index is 841. The first-order valence-electron chi connectivity index (χ1n) is 8.76. The van der Waals surface area contributed by atoms with Gasteiger partial charge in [-0.25, -0.2) is 4.79 Å². The molecule has 2 aromatic rings. The van der Waals surface area contributed by atoms with Crippen LogP contribution in [0.3, 0.4) is 0 Å². The van der Waals surface area contributed by atoms with Crippen molar-refractivity contribution in [2.75, 3.05) is 6.54 Å². The summed E-state index contributed by atoms with van der Waals surface area (Å²) in [6.45, 7) is 6.81. The highest BCUT2D eigenvalue weighted by molar-refractivity contribution is 5.75. The molecule has 0 saturated carbocycles. The summed E-state index contributed by atoms with van der Waals surface area (Å²) in [7, 11) is 0. The minimum atomic E-state index is -0.130. The van der Waals surface area contributed by atoms with Crippen molar-refractivity contribution in [3.05, 3.63) is 68.6 Å². The predicted octanol–water partition coefficient (Wildman–Crippen LogP) is 3.35. The maximum Gasteiger partial charge on any atom is 0.318 e. The number of nitrogens with zero attached hydrogens (tertiary/aromatic N) is 1. The number of pyridine rings is 1. The summed E-state index contributed by atoms with van der Waals surface area (Å²) in [4.78, 5) is 29.5. The zero-order valence-electron chi connectivity index (χ0n) is 15.1. The van der Waals surface area contributed by atoms with E-state index >= 15 is 0 Å². The molecule has 1 aliphatic rings. The molecule has 2 N–H and O–H groups in total. The summed E-state index contributed by atoms with van der Waals surface area (Å²) in [6, 6.07) is 10.3. The van der Waals surface area contributed by atoms with Gasteiger partial charge in [0.1, 0.15) is 0 Å². The van der Waals surface area contributed by atoms with Gasteiger partial charge in [-0.3, -0.25) is 4.79 Å². The predicted molar refractivity (Wildman–Crippen MR) is 98.6 cm³/mol. The van der Waals surface area contributed by atoms with Gasteiger partial charge in [0.15, 0.2) is 0 Å². The van der Waals surface area contributed by atoms with Crippen molar-refractivity contribution in [1.29, 1.82) is 0 Å². The highest BCUT2D eigenvalue weighted by Crippen LogP contribution is 2.32. The van der Waals surface area contributed by atoms with Crippen LogP contribution in [0.2, 0.25) is 0 Å². The molecule has 0 unspecified atom stereocenters. The average Bonchev–Trinajstić information content (AvgIpc) is 3.03. The molecule has 5 nitrogen and oxygen atoms in total. The number of hydrogen-bond donors (Lipinski definition) is 2. The highest BCUT2D eigenvalue weighted by atomic mass is 16.2. The van der Waals surface area contributed by atoms with Crippen molar-refractivity contribution in [1.82, 2.24) is 15.2 Å². The maximum absolute atomic E-state index is 12.7. The number of rotatable bonds is 3. The number of aromatic nitrogens is 1. The van der Waals surface area contributed by atoms with Crippen LogP contribution in [0.25, 0.3) is 0 Å². The first-order chi connectivity index (χ1) is 12.0. The standard InChI is InChI=1S/C20H25N3O2/c1-13-6-4-7-16(10-13)18-8-5-9-23(18)20(25)21-12-17-14(2)11-15(3)22-19(17)24/h4,6-7,10-11,18H,5,8-9,12H2,1-3H3,(H,21,25)(H,22,24)/t18-/m0/s1. The average molecular weight is 339 g/mol. The molecule has 1 fully saturated rings. The first kappa shape index (κ1) is 17.3. The van der Waals surface area contributed by atoms with Gasteiger partial charge >= 0.3 is 6.03 Å². The molecular weight excluding hydrogens is 314 g/mol. The number of urea groups is 1. The smallest absolute Gasteiger partial charge is 0.318 e. The van der Waals surface area contributed by atoms with E-state index in [-0.39, 0.29) is 24.2 Å². The molecule has 0 aliphatic carbocycles. The van der Waals surface area contributed by atoms with Crippen molar-refractivity contribution < 1.29 is 4.79 Å². The number of carbonyl (C=O) groups is 1. The largest absolute Gasteiger partial charge is 0.334 e. The number of carbonyl (C=O) groups excluding carboxylic acids is 1. The van der Waals surface area contributed by atoms with Crippen molar-refractivity contribution in [3.8, 4) is 0 Å². The van der Waals surface area contributed by atoms with Crippen LogP contribution in [-0.2, 0) is 6.54 Å². The molecule has 1 atom stereocenters. The van der Waals surface area contributed by atoms with Crippen molar-refractivity contribution in [3.63, 3.8) is 0 Å². The number of hydrogen-bond acceptors (Lipinski definition) is 2. The number of amides is 2. The minimum Gasteiger partial charge on any atom is -0.334 e. The maximum atomic E-state index is 12.7. The van der Waals surface area contributed by atoms with Crippen LogP contribution in [0.15, 0.2) is 35.1 Å². The van der Waals surface area contributed by atoms with E-state index in [2.05, 4.69) is 35.4 Å². The monoisotopic (exact) mass is 339 g/mol. The second-order valence-electron chi connectivity index (χ2n) is 6.87. The number of aryl methyl sites for hydroxylation is 3. The Morgan fingerprint density at radius 2 is 2.08 bits per heavy atom. The lowest BCUT2D eigenvalue weighted by molar-refractivity contribution is 0.192. The van der Waals surface area contributed by atoms with E-state index in [9.17, 15) is 9.59 Å². The minimum absolute atomic E-state index is 0.108. The van der Waals surface area contributed by atoms with Crippen molar-refractivity contribution in [2.45, 2.75) is 46.2 Å². The third-order valence-electron chi connectivity index (χ3n) is 4.85. The number of aromatic amines is 1. The lowest BCUT2D eigenvalue weighted by Crippen LogP contribution is -2.40. The second-order valence-corrected chi connectivity index (χ2v) is 6.87. The summed E-state index contributed by atoms with van der Waals surface area (Å²) in [6.07, 6.45) is 1.97. The molecule has 1 aromatic heterocycles. The molecule has 1 saturated heterocycles. The van der Waals surface area contributed by atoms with Crippen LogP contribution in [0.5, 0.6) is 0 Å². The molecule has 132 valence electrons. The van der Waals surface area contributed by atoms with E-state index in [1.54, 1.807) is 0 Å². The molecule has 3 rings (SSSR count). The van der Waals surface area contributed by atoms with E-state index in [0.717, 1.165) is 30.6 Å². The molecule has 25 heavy (non-hydrogen) atoms. The Hall–Kier alpha value is -2.56. The van der Waals surface area contributed by atoms with Crippen LogP contribution in [0.4, 0.5) is 4.79 Å². The Morgan fingerprint density at radius 3 is 2.80 bits per heavy atom. The quantitative estimate of drug-likeness (QED) is 0.901. The zero-order chi connectivity index (χ0) is 18.0. The van der Waals surface area contributed by atoms with Crippen LogP contribution < -0.4 is 10.9 Å². The fraction of sp³-hybridized carbons (Fsp3) is 0.400. The van der Waals surface area contributed by atoms with Crippen molar-refractivity contribution >= 4 is 6.03 Å². The van der Waals surface area contributed by atoms with E-state index < -0.39 is 0 Å². The molecule has 2 amide bonds. The number of likely N-dealkylation sites (tertiary alicyclic amines) is 1. The molecule has 0 radical (unpaired) electrons. The van der Waals surface area contributed by atoms with Gasteiger partial charge in [-0.05, 0) is 50.8 Å². The summed E-state index contributed by atoms with van der Waals surface area (Å²) < 4.78 is 0. The van der Waals surface area contributed by atoms with Crippen LogP contribution in [-0.4, -0.2) is 22.5 Å². The summed E-state index contributed by atoms with van der Waals surface area (Å²) in [5, 5.41) is 2.92. The van der Waals surface area contributed by atoms with E-state index in [4.69, 9.17) is 0 Å². The van der Waals surface area contributed by atoms with Crippen LogP contribution in [0.1, 0.15) is 46.8 Å². The van der Waals surface area contributed by atoms with Gasteiger partial charge in [-0.15, -0.1) is 0 Å². The van der Waals surface area contributed by atoms with Gasteiger partial charge in [0.25, 0.3) is 5.56 Å². The molecule has 1 aliphatic heterocycles. The molecule has 1 aromatic carbocycles. The first-order valence-corrected chi connectivity index (χ1v) is 8.76.